The summed E-state index contributed by atoms with van der Waals surface area (Å²) in [6, 6.07) is 12.6. The van der Waals surface area contributed by atoms with Crippen LogP contribution in [0.25, 0.3) is 10.9 Å². The summed E-state index contributed by atoms with van der Waals surface area (Å²) in [5.41, 5.74) is 9.29. The Balaban J connectivity index is 1.80. The van der Waals surface area contributed by atoms with Gasteiger partial charge in [-0.05, 0) is 43.2 Å². The lowest BCUT2D eigenvalue weighted by Crippen LogP contribution is -2.42. The third kappa shape index (κ3) is 3.44. The Labute approximate surface area is 127 Å². The van der Waals surface area contributed by atoms with Crippen molar-refractivity contribution in [2.24, 2.45) is 11.1 Å². The summed E-state index contributed by atoms with van der Waals surface area (Å²) in [6.07, 6.45) is 6.86. The van der Waals surface area contributed by atoms with Crippen LogP contribution in [0.3, 0.4) is 0 Å². The van der Waals surface area contributed by atoms with Crippen LogP contribution in [0.15, 0.2) is 36.4 Å². The molecule has 0 amide bonds. The molecule has 1 aliphatic carbocycles. The summed E-state index contributed by atoms with van der Waals surface area (Å²) >= 11 is 0. The van der Waals surface area contributed by atoms with Crippen molar-refractivity contribution in [3.8, 4) is 0 Å². The van der Waals surface area contributed by atoms with E-state index in [4.69, 9.17) is 10.7 Å². The van der Waals surface area contributed by atoms with Gasteiger partial charge in [-0.3, -0.25) is 4.98 Å². The second kappa shape index (κ2) is 5.42. The molecule has 1 atom stereocenters. The van der Waals surface area contributed by atoms with Crippen molar-refractivity contribution in [2.45, 2.75) is 57.9 Å². The predicted molar refractivity (Wildman–Crippen MR) is 89.2 cm³/mol. The van der Waals surface area contributed by atoms with Crippen LogP contribution >= 0.6 is 0 Å². The summed E-state index contributed by atoms with van der Waals surface area (Å²) in [5, 5.41) is 1.20. The smallest absolute Gasteiger partial charge is 0.0705 e. The highest BCUT2D eigenvalue weighted by atomic mass is 14.8. The van der Waals surface area contributed by atoms with Crippen LogP contribution in [0.5, 0.6) is 0 Å². The van der Waals surface area contributed by atoms with E-state index in [-0.39, 0.29) is 5.54 Å². The second-order valence-corrected chi connectivity index (χ2v) is 7.55. The van der Waals surface area contributed by atoms with E-state index in [1.165, 1.54) is 24.6 Å². The minimum atomic E-state index is -0.0801. The van der Waals surface area contributed by atoms with E-state index in [1.807, 2.05) is 6.07 Å². The number of benzene rings is 1. The lowest BCUT2D eigenvalue weighted by molar-refractivity contribution is 0.296. The maximum Gasteiger partial charge on any atom is 0.0705 e. The van der Waals surface area contributed by atoms with Crippen molar-refractivity contribution in [2.75, 3.05) is 0 Å². The monoisotopic (exact) mass is 282 g/mol. The van der Waals surface area contributed by atoms with Gasteiger partial charge in [0.1, 0.15) is 0 Å². The largest absolute Gasteiger partial charge is 0.325 e. The minimum absolute atomic E-state index is 0.0801. The SMILES string of the molecule is CC1(C)CCCC(N)(Cc2ccc3ccccc3n2)CC1. The maximum atomic E-state index is 6.72. The third-order valence-corrected chi connectivity index (χ3v) is 5.02. The zero-order valence-corrected chi connectivity index (χ0v) is 13.2. The Morgan fingerprint density at radius 3 is 2.67 bits per heavy atom. The molecule has 0 spiro atoms. The Morgan fingerprint density at radius 2 is 1.81 bits per heavy atom. The summed E-state index contributed by atoms with van der Waals surface area (Å²) in [7, 11) is 0. The minimum Gasteiger partial charge on any atom is -0.325 e. The highest BCUT2D eigenvalue weighted by Gasteiger charge is 2.32. The van der Waals surface area contributed by atoms with Crippen molar-refractivity contribution in [1.29, 1.82) is 0 Å². The number of hydrogen-bond donors (Lipinski definition) is 1. The van der Waals surface area contributed by atoms with Crippen LogP contribution in [0.4, 0.5) is 0 Å². The lowest BCUT2D eigenvalue weighted by atomic mass is 9.82. The quantitative estimate of drug-likeness (QED) is 0.826. The predicted octanol–water partition coefficient (Wildman–Crippen LogP) is 4.47. The van der Waals surface area contributed by atoms with E-state index < -0.39 is 0 Å². The Kier molecular flexibility index (Phi) is 3.75. The van der Waals surface area contributed by atoms with Gasteiger partial charge in [0.25, 0.3) is 0 Å². The van der Waals surface area contributed by atoms with Gasteiger partial charge in [-0.15, -0.1) is 0 Å². The molecular weight excluding hydrogens is 256 g/mol. The fourth-order valence-corrected chi connectivity index (χ4v) is 3.50. The molecule has 1 aliphatic rings. The van der Waals surface area contributed by atoms with Crippen LogP contribution < -0.4 is 5.73 Å². The maximum absolute atomic E-state index is 6.72. The first-order valence-corrected chi connectivity index (χ1v) is 8.10. The molecule has 1 aromatic heterocycles. The highest BCUT2D eigenvalue weighted by Crippen LogP contribution is 2.38. The molecule has 2 N–H and O–H groups in total. The topological polar surface area (TPSA) is 38.9 Å². The van der Waals surface area contributed by atoms with Gasteiger partial charge in [0.2, 0.25) is 0 Å². The fourth-order valence-electron chi connectivity index (χ4n) is 3.50. The lowest BCUT2D eigenvalue weighted by Gasteiger charge is -2.29. The van der Waals surface area contributed by atoms with E-state index in [2.05, 4.69) is 44.2 Å². The van der Waals surface area contributed by atoms with E-state index >= 15 is 0 Å². The average Bonchev–Trinajstić information content (AvgIpc) is 2.58. The molecule has 0 bridgehead atoms. The van der Waals surface area contributed by atoms with Gasteiger partial charge in [0, 0.05) is 23.0 Å². The molecular formula is C19H26N2. The fraction of sp³-hybridized carbons (Fsp3) is 0.526. The number of nitrogens with zero attached hydrogens (tertiary/aromatic N) is 1. The molecule has 1 aromatic carbocycles. The first-order chi connectivity index (χ1) is 9.96. The molecule has 1 unspecified atom stereocenters. The van der Waals surface area contributed by atoms with Gasteiger partial charge in [-0.25, -0.2) is 0 Å². The number of aromatic nitrogens is 1. The average molecular weight is 282 g/mol. The van der Waals surface area contributed by atoms with Gasteiger partial charge < -0.3 is 5.73 Å². The van der Waals surface area contributed by atoms with Crippen molar-refractivity contribution in [1.82, 2.24) is 4.98 Å². The molecule has 0 saturated heterocycles. The number of rotatable bonds is 2. The standard InChI is InChI=1S/C19H26N2/c1-18(2)10-5-11-19(20,13-12-18)14-16-9-8-15-6-3-4-7-17(15)21-16/h3-4,6-9H,5,10-14,20H2,1-2H3. The van der Waals surface area contributed by atoms with Crippen molar-refractivity contribution in [3.05, 3.63) is 42.1 Å². The zero-order chi connectivity index (χ0) is 14.9. The summed E-state index contributed by atoms with van der Waals surface area (Å²) in [6.45, 7) is 4.74. The van der Waals surface area contributed by atoms with Crippen LogP contribution in [-0.4, -0.2) is 10.5 Å². The van der Waals surface area contributed by atoms with Gasteiger partial charge in [0.05, 0.1) is 5.52 Å². The normalized spacial score (nSPS) is 25.7. The number of hydrogen-bond acceptors (Lipinski definition) is 2. The molecule has 1 fully saturated rings. The molecule has 1 saturated carbocycles. The Morgan fingerprint density at radius 1 is 1.00 bits per heavy atom. The molecule has 2 heteroatoms. The summed E-state index contributed by atoms with van der Waals surface area (Å²) in [5.74, 6) is 0. The van der Waals surface area contributed by atoms with Crippen molar-refractivity contribution in [3.63, 3.8) is 0 Å². The Hall–Kier alpha value is -1.41. The van der Waals surface area contributed by atoms with Gasteiger partial charge >= 0.3 is 0 Å². The molecule has 0 aliphatic heterocycles. The molecule has 21 heavy (non-hydrogen) atoms. The van der Waals surface area contributed by atoms with E-state index in [9.17, 15) is 0 Å². The third-order valence-electron chi connectivity index (χ3n) is 5.02. The van der Waals surface area contributed by atoms with Crippen molar-refractivity contribution < 1.29 is 0 Å². The van der Waals surface area contributed by atoms with Gasteiger partial charge in [-0.1, -0.05) is 44.5 Å². The first kappa shape index (κ1) is 14.5. The molecule has 112 valence electrons. The highest BCUT2D eigenvalue weighted by molar-refractivity contribution is 5.78. The van der Waals surface area contributed by atoms with E-state index in [0.717, 1.165) is 30.5 Å². The van der Waals surface area contributed by atoms with E-state index in [0.29, 0.717) is 5.41 Å². The van der Waals surface area contributed by atoms with Crippen LogP contribution in [0.1, 0.15) is 51.6 Å². The molecule has 2 aromatic rings. The van der Waals surface area contributed by atoms with E-state index in [1.54, 1.807) is 0 Å². The zero-order valence-electron chi connectivity index (χ0n) is 13.2. The number of nitrogens with two attached hydrogens (primary N) is 1. The molecule has 1 heterocycles. The van der Waals surface area contributed by atoms with Crippen LogP contribution in [-0.2, 0) is 6.42 Å². The van der Waals surface area contributed by atoms with Gasteiger partial charge in [0.15, 0.2) is 0 Å². The van der Waals surface area contributed by atoms with Crippen LogP contribution in [0, 0.1) is 5.41 Å². The van der Waals surface area contributed by atoms with Gasteiger partial charge in [-0.2, -0.15) is 0 Å². The number of pyridine rings is 1. The first-order valence-electron chi connectivity index (χ1n) is 8.10. The second-order valence-electron chi connectivity index (χ2n) is 7.55. The molecule has 2 nitrogen and oxygen atoms in total. The Bertz CT molecular complexity index is 632. The summed E-state index contributed by atoms with van der Waals surface area (Å²) < 4.78 is 0. The number of para-hydroxylation sites is 1. The summed E-state index contributed by atoms with van der Waals surface area (Å²) in [4.78, 5) is 4.80. The number of fused-ring (bicyclic) bond motifs is 1. The molecule has 0 radical (unpaired) electrons. The molecule has 3 rings (SSSR count). The van der Waals surface area contributed by atoms with Crippen LogP contribution in [0.2, 0.25) is 0 Å². The van der Waals surface area contributed by atoms with Crippen molar-refractivity contribution >= 4 is 10.9 Å².